The Labute approximate surface area is 106 Å². The minimum Gasteiger partial charge on any atom is -0.367 e. The standard InChI is InChI=1S/C14H17N3O/c15-8-13-4-2-1-3-12(13)7-14(18)17-10-11-5-6-16-9-11/h1-6,9,16H,7-8,10,15H2,(H,17,18). The van der Waals surface area contributed by atoms with E-state index in [4.69, 9.17) is 5.73 Å². The molecular formula is C14H17N3O. The van der Waals surface area contributed by atoms with Crippen molar-refractivity contribution >= 4 is 5.91 Å². The van der Waals surface area contributed by atoms with Gasteiger partial charge < -0.3 is 16.0 Å². The van der Waals surface area contributed by atoms with Crippen molar-refractivity contribution in [3.05, 3.63) is 59.4 Å². The lowest BCUT2D eigenvalue weighted by molar-refractivity contribution is -0.120. The monoisotopic (exact) mass is 243 g/mol. The van der Waals surface area contributed by atoms with Crippen LogP contribution in [0, 0.1) is 0 Å². The fourth-order valence-corrected chi connectivity index (χ4v) is 1.83. The molecule has 1 aromatic heterocycles. The van der Waals surface area contributed by atoms with Crippen molar-refractivity contribution < 1.29 is 4.79 Å². The first-order valence-electron chi connectivity index (χ1n) is 5.95. The topological polar surface area (TPSA) is 70.9 Å². The Hall–Kier alpha value is -2.07. The van der Waals surface area contributed by atoms with Gasteiger partial charge in [0.2, 0.25) is 5.91 Å². The lowest BCUT2D eigenvalue weighted by Gasteiger charge is -2.08. The minimum absolute atomic E-state index is 0.0112. The molecule has 94 valence electrons. The maximum atomic E-state index is 11.8. The van der Waals surface area contributed by atoms with Gasteiger partial charge in [0.25, 0.3) is 0 Å². The third-order valence-corrected chi connectivity index (χ3v) is 2.84. The van der Waals surface area contributed by atoms with Crippen LogP contribution in [0.3, 0.4) is 0 Å². The molecule has 1 heterocycles. The summed E-state index contributed by atoms with van der Waals surface area (Å²) >= 11 is 0. The summed E-state index contributed by atoms with van der Waals surface area (Å²) in [5.74, 6) is 0.0112. The van der Waals surface area contributed by atoms with Crippen LogP contribution in [0.5, 0.6) is 0 Å². The number of amides is 1. The normalized spacial score (nSPS) is 10.3. The minimum atomic E-state index is 0.0112. The van der Waals surface area contributed by atoms with E-state index in [-0.39, 0.29) is 5.91 Å². The van der Waals surface area contributed by atoms with E-state index in [0.717, 1.165) is 16.7 Å². The van der Waals surface area contributed by atoms with Gasteiger partial charge in [-0.3, -0.25) is 4.79 Å². The Kier molecular flexibility index (Phi) is 4.15. The highest BCUT2D eigenvalue weighted by Gasteiger charge is 2.06. The first kappa shape index (κ1) is 12.4. The lowest BCUT2D eigenvalue weighted by Crippen LogP contribution is -2.25. The summed E-state index contributed by atoms with van der Waals surface area (Å²) in [6.45, 7) is 1.01. The molecule has 4 nitrogen and oxygen atoms in total. The third kappa shape index (κ3) is 3.21. The van der Waals surface area contributed by atoms with Gasteiger partial charge >= 0.3 is 0 Å². The van der Waals surface area contributed by atoms with E-state index < -0.39 is 0 Å². The van der Waals surface area contributed by atoms with Crippen LogP contribution in [0.15, 0.2) is 42.7 Å². The van der Waals surface area contributed by atoms with E-state index in [1.54, 1.807) is 0 Å². The summed E-state index contributed by atoms with van der Waals surface area (Å²) in [7, 11) is 0. The second kappa shape index (κ2) is 6.02. The fraction of sp³-hybridized carbons (Fsp3) is 0.214. The lowest BCUT2D eigenvalue weighted by atomic mass is 10.0. The van der Waals surface area contributed by atoms with Crippen LogP contribution in [0.4, 0.5) is 0 Å². The van der Waals surface area contributed by atoms with Crippen LogP contribution in [0.2, 0.25) is 0 Å². The quantitative estimate of drug-likeness (QED) is 0.741. The zero-order valence-electron chi connectivity index (χ0n) is 10.1. The number of aromatic amines is 1. The van der Waals surface area contributed by atoms with Crippen LogP contribution in [0.1, 0.15) is 16.7 Å². The molecule has 2 rings (SSSR count). The smallest absolute Gasteiger partial charge is 0.224 e. The average molecular weight is 243 g/mol. The molecule has 2 aromatic rings. The maximum absolute atomic E-state index is 11.8. The Bertz CT molecular complexity index is 506. The Morgan fingerprint density at radius 1 is 1.22 bits per heavy atom. The van der Waals surface area contributed by atoms with Crippen LogP contribution in [-0.2, 0) is 24.3 Å². The molecule has 1 aromatic carbocycles. The van der Waals surface area contributed by atoms with Crippen LogP contribution >= 0.6 is 0 Å². The molecule has 0 atom stereocenters. The molecule has 0 saturated carbocycles. The van der Waals surface area contributed by atoms with E-state index in [9.17, 15) is 4.79 Å². The zero-order valence-corrected chi connectivity index (χ0v) is 10.1. The Morgan fingerprint density at radius 3 is 2.67 bits per heavy atom. The van der Waals surface area contributed by atoms with Crippen molar-refractivity contribution in [3.8, 4) is 0 Å². The number of rotatable bonds is 5. The highest BCUT2D eigenvalue weighted by atomic mass is 16.1. The largest absolute Gasteiger partial charge is 0.367 e. The number of nitrogens with one attached hydrogen (secondary N) is 2. The van der Waals surface area contributed by atoms with Crippen molar-refractivity contribution in [1.82, 2.24) is 10.3 Å². The van der Waals surface area contributed by atoms with Gasteiger partial charge in [0.05, 0.1) is 6.42 Å². The molecule has 0 bridgehead atoms. The Morgan fingerprint density at radius 2 is 2.00 bits per heavy atom. The number of aromatic nitrogens is 1. The van der Waals surface area contributed by atoms with Crippen molar-refractivity contribution in [2.45, 2.75) is 19.5 Å². The summed E-state index contributed by atoms with van der Waals surface area (Å²) in [6.07, 6.45) is 4.08. The van der Waals surface area contributed by atoms with E-state index >= 15 is 0 Å². The van der Waals surface area contributed by atoms with E-state index in [1.807, 2.05) is 42.7 Å². The van der Waals surface area contributed by atoms with Crippen molar-refractivity contribution in [2.75, 3.05) is 0 Å². The third-order valence-electron chi connectivity index (χ3n) is 2.84. The number of hydrogen-bond donors (Lipinski definition) is 3. The second-order valence-electron chi connectivity index (χ2n) is 4.15. The van der Waals surface area contributed by atoms with Gasteiger partial charge in [-0.2, -0.15) is 0 Å². The molecule has 0 radical (unpaired) electrons. The van der Waals surface area contributed by atoms with Gasteiger partial charge in [0.1, 0.15) is 0 Å². The number of carbonyl (C=O) groups excluding carboxylic acids is 1. The molecule has 0 fully saturated rings. The fourth-order valence-electron chi connectivity index (χ4n) is 1.83. The molecule has 1 amide bonds. The SMILES string of the molecule is NCc1ccccc1CC(=O)NCc1cc[nH]c1. The first-order valence-corrected chi connectivity index (χ1v) is 5.95. The number of H-pyrrole nitrogens is 1. The van der Waals surface area contributed by atoms with Gasteiger partial charge in [0.15, 0.2) is 0 Å². The van der Waals surface area contributed by atoms with Crippen LogP contribution in [-0.4, -0.2) is 10.9 Å². The molecule has 0 aliphatic heterocycles. The number of benzene rings is 1. The molecule has 4 heteroatoms. The molecule has 4 N–H and O–H groups in total. The van der Waals surface area contributed by atoms with Crippen LogP contribution in [0.25, 0.3) is 0 Å². The number of hydrogen-bond acceptors (Lipinski definition) is 2. The van der Waals surface area contributed by atoms with E-state index in [0.29, 0.717) is 19.5 Å². The van der Waals surface area contributed by atoms with Crippen molar-refractivity contribution in [1.29, 1.82) is 0 Å². The van der Waals surface area contributed by atoms with E-state index in [1.165, 1.54) is 0 Å². The molecule has 18 heavy (non-hydrogen) atoms. The maximum Gasteiger partial charge on any atom is 0.224 e. The summed E-state index contributed by atoms with van der Waals surface area (Å²) in [5, 5.41) is 2.89. The van der Waals surface area contributed by atoms with Gasteiger partial charge in [-0.25, -0.2) is 0 Å². The zero-order chi connectivity index (χ0) is 12.8. The van der Waals surface area contributed by atoms with Gasteiger partial charge in [0, 0.05) is 25.5 Å². The predicted molar refractivity (Wildman–Crippen MR) is 70.7 cm³/mol. The summed E-state index contributed by atoms with van der Waals surface area (Å²) < 4.78 is 0. The van der Waals surface area contributed by atoms with Crippen molar-refractivity contribution in [3.63, 3.8) is 0 Å². The average Bonchev–Trinajstić information content (AvgIpc) is 2.90. The highest BCUT2D eigenvalue weighted by Crippen LogP contribution is 2.08. The molecule has 0 aliphatic rings. The van der Waals surface area contributed by atoms with Gasteiger partial charge in [-0.15, -0.1) is 0 Å². The number of carbonyl (C=O) groups is 1. The molecule has 0 spiro atoms. The van der Waals surface area contributed by atoms with Crippen molar-refractivity contribution in [2.24, 2.45) is 5.73 Å². The predicted octanol–water partition coefficient (Wildman–Crippen LogP) is 1.33. The molecular weight excluding hydrogens is 226 g/mol. The molecule has 0 saturated heterocycles. The first-order chi connectivity index (χ1) is 8.79. The van der Waals surface area contributed by atoms with Gasteiger partial charge in [-0.05, 0) is 22.8 Å². The summed E-state index contributed by atoms with van der Waals surface area (Å²) in [6, 6.07) is 9.69. The van der Waals surface area contributed by atoms with E-state index in [2.05, 4.69) is 10.3 Å². The summed E-state index contributed by atoms with van der Waals surface area (Å²) in [5.41, 5.74) is 8.72. The molecule has 0 unspecified atom stereocenters. The van der Waals surface area contributed by atoms with Gasteiger partial charge in [-0.1, -0.05) is 24.3 Å². The van der Waals surface area contributed by atoms with Crippen LogP contribution < -0.4 is 11.1 Å². The second-order valence-corrected chi connectivity index (χ2v) is 4.15. The number of nitrogens with two attached hydrogens (primary N) is 1. The summed E-state index contributed by atoms with van der Waals surface area (Å²) in [4.78, 5) is 14.8. The molecule has 0 aliphatic carbocycles. The Balaban J connectivity index is 1.90. The highest BCUT2D eigenvalue weighted by molar-refractivity contribution is 5.78.